The number of methoxy groups -OCH3 is 1. The number of ether oxygens (including phenoxy) is 1. The molecule has 0 saturated carbocycles. The maximum absolute atomic E-state index is 9.62. The van der Waals surface area contributed by atoms with Crippen LogP contribution in [0.2, 0.25) is 0 Å². The number of nitrogen functional groups attached to an aromatic ring is 1. The summed E-state index contributed by atoms with van der Waals surface area (Å²) in [6, 6.07) is 5.77. The summed E-state index contributed by atoms with van der Waals surface area (Å²) in [5.74, 6) is 0.789. The quantitative estimate of drug-likeness (QED) is 0.775. The highest BCUT2D eigenvalue weighted by Gasteiger charge is 2.17. The lowest BCUT2D eigenvalue weighted by atomic mass is 10.1. The molecule has 1 heterocycles. The van der Waals surface area contributed by atoms with Gasteiger partial charge in [-0.1, -0.05) is 0 Å². The van der Waals surface area contributed by atoms with E-state index in [9.17, 15) is 5.11 Å². The first-order valence-corrected chi connectivity index (χ1v) is 6.01. The average Bonchev–Trinajstić information content (AvgIpc) is 2.28. The Hall–Kier alpha value is -1.26. The van der Waals surface area contributed by atoms with Crippen molar-refractivity contribution in [1.82, 2.24) is 4.90 Å². The highest BCUT2D eigenvalue weighted by molar-refractivity contribution is 5.47. The first-order chi connectivity index (χ1) is 8.17. The predicted molar refractivity (Wildman–Crippen MR) is 67.9 cm³/mol. The predicted octanol–water partition coefficient (Wildman–Crippen LogP) is 1.23. The largest absolute Gasteiger partial charge is 0.497 e. The molecule has 4 heteroatoms. The fraction of sp³-hybridized carbons (Fsp3) is 0.538. The Morgan fingerprint density at radius 2 is 2.29 bits per heavy atom. The Bertz CT molecular complexity index is 382. The second-order valence-electron chi connectivity index (χ2n) is 4.65. The lowest BCUT2D eigenvalue weighted by Crippen LogP contribution is -2.37. The summed E-state index contributed by atoms with van der Waals surface area (Å²) < 4.78 is 5.20. The molecule has 0 aliphatic carbocycles. The first-order valence-electron chi connectivity index (χ1n) is 6.01. The molecule has 1 saturated heterocycles. The van der Waals surface area contributed by atoms with Crippen molar-refractivity contribution in [2.24, 2.45) is 0 Å². The third kappa shape index (κ3) is 3.35. The molecule has 1 aromatic carbocycles. The third-order valence-corrected chi connectivity index (χ3v) is 3.11. The van der Waals surface area contributed by atoms with Crippen LogP contribution in [0.15, 0.2) is 18.2 Å². The highest BCUT2D eigenvalue weighted by atomic mass is 16.5. The number of piperidine rings is 1. The van der Waals surface area contributed by atoms with Gasteiger partial charge in [-0.3, -0.25) is 4.90 Å². The van der Waals surface area contributed by atoms with Gasteiger partial charge in [0.2, 0.25) is 0 Å². The van der Waals surface area contributed by atoms with Crippen LogP contribution in [0, 0.1) is 0 Å². The molecule has 94 valence electrons. The number of rotatable bonds is 3. The molecule has 17 heavy (non-hydrogen) atoms. The minimum Gasteiger partial charge on any atom is -0.497 e. The molecule has 1 aliphatic heterocycles. The molecule has 0 spiro atoms. The van der Waals surface area contributed by atoms with Crippen LogP contribution in [0.5, 0.6) is 5.75 Å². The van der Waals surface area contributed by atoms with Gasteiger partial charge in [0.15, 0.2) is 0 Å². The minimum atomic E-state index is -0.188. The summed E-state index contributed by atoms with van der Waals surface area (Å²) in [7, 11) is 1.64. The van der Waals surface area contributed by atoms with E-state index in [1.54, 1.807) is 7.11 Å². The number of nitrogens with zero attached hydrogens (tertiary/aromatic N) is 1. The normalized spacial score (nSPS) is 21.4. The van der Waals surface area contributed by atoms with Gasteiger partial charge in [-0.05, 0) is 37.1 Å². The minimum absolute atomic E-state index is 0.188. The van der Waals surface area contributed by atoms with Gasteiger partial charge in [0, 0.05) is 24.8 Å². The summed E-state index contributed by atoms with van der Waals surface area (Å²) in [6.07, 6.45) is 1.78. The zero-order valence-electron chi connectivity index (χ0n) is 10.2. The number of nitrogens with two attached hydrogens (primary N) is 1. The van der Waals surface area contributed by atoms with Gasteiger partial charge in [-0.25, -0.2) is 0 Å². The van der Waals surface area contributed by atoms with E-state index in [0.29, 0.717) is 0 Å². The van der Waals surface area contributed by atoms with Crippen molar-refractivity contribution in [3.63, 3.8) is 0 Å². The highest BCUT2D eigenvalue weighted by Crippen LogP contribution is 2.21. The lowest BCUT2D eigenvalue weighted by molar-refractivity contribution is 0.0668. The van der Waals surface area contributed by atoms with Gasteiger partial charge in [0.05, 0.1) is 13.2 Å². The summed E-state index contributed by atoms with van der Waals surface area (Å²) in [5.41, 5.74) is 7.67. The monoisotopic (exact) mass is 236 g/mol. The standard InChI is InChI=1S/C13H20N2O2/c1-17-13-6-10(5-11(14)7-13)8-15-4-2-3-12(16)9-15/h5-7,12,16H,2-4,8-9,14H2,1H3. The number of benzene rings is 1. The van der Waals surface area contributed by atoms with Gasteiger partial charge in [0.25, 0.3) is 0 Å². The maximum Gasteiger partial charge on any atom is 0.121 e. The molecular formula is C13H20N2O2. The number of aliphatic hydroxyl groups excluding tert-OH is 1. The molecule has 1 unspecified atom stereocenters. The summed E-state index contributed by atoms with van der Waals surface area (Å²) in [4.78, 5) is 2.25. The number of hydrogen-bond donors (Lipinski definition) is 2. The van der Waals surface area contributed by atoms with Gasteiger partial charge in [-0.2, -0.15) is 0 Å². The van der Waals surface area contributed by atoms with Crippen molar-refractivity contribution in [3.05, 3.63) is 23.8 Å². The molecule has 4 nitrogen and oxygen atoms in total. The number of hydrogen-bond acceptors (Lipinski definition) is 4. The van der Waals surface area contributed by atoms with Crippen LogP contribution in [-0.2, 0) is 6.54 Å². The Labute approximate surface area is 102 Å². The molecule has 3 N–H and O–H groups in total. The fourth-order valence-electron chi connectivity index (χ4n) is 2.33. The van der Waals surface area contributed by atoms with Gasteiger partial charge in [0.1, 0.15) is 5.75 Å². The van der Waals surface area contributed by atoms with E-state index < -0.39 is 0 Å². The molecule has 0 radical (unpaired) electrons. The van der Waals surface area contributed by atoms with Crippen molar-refractivity contribution in [3.8, 4) is 5.75 Å². The molecule has 2 rings (SSSR count). The molecule has 1 aliphatic rings. The molecular weight excluding hydrogens is 216 g/mol. The zero-order chi connectivity index (χ0) is 12.3. The van der Waals surface area contributed by atoms with Crippen LogP contribution in [-0.4, -0.2) is 36.3 Å². The smallest absolute Gasteiger partial charge is 0.121 e. The van der Waals surface area contributed by atoms with E-state index in [0.717, 1.165) is 49.5 Å². The molecule has 1 fully saturated rings. The van der Waals surface area contributed by atoms with Crippen molar-refractivity contribution in [2.45, 2.75) is 25.5 Å². The molecule has 0 amide bonds. The van der Waals surface area contributed by atoms with Crippen LogP contribution in [0.4, 0.5) is 5.69 Å². The Kier molecular flexibility index (Phi) is 3.86. The van der Waals surface area contributed by atoms with E-state index in [4.69, 9.17) is 10.5 Å². The maximum atomic E-state index is 9.62. The van der Waals surface area contributed by atoms with Crippen molar-refractivity contribution in [2.75, 3.05) is 25.9 Å². The summed E-state index contributed by atoms with van der Waals surface area (Å²) in [6.45, 7) is 2.60. The fourth-order valence-corrected chi connectivity index (χ4v) is 2.33. The number of likely N-dealkylation sites (tertiary alicyclic amines) is 1. The summed E-state index contributed by atoms with van der Waals surface area (Å²) >= 11 is 0. The molecule has 1 aromatic rings. The lowest BCUT2D eigenvalue weighted by Gasteiger charge is -2.30. The first kappa shape index (κ1) is 12.2. The van der Waals surface area contributed by atoms with Gasteiger partial charge < -0.3 is 15.6 Å². The van der Waals surface area contributed by atoms with Crippen molar-refractivity contribution >= 4 is 5.69 Å². The van der Waals surface area contributed by atoms with Crippen LogP contribution in [0.3, 0.4) is 0 Å². The van der Waals surface area contributed by atoms with E-state index in [2.05, 4.69) is 4.90 Å². The van der Waals surface area contributed by atoms with E-state index in [1.165, 1.54) is 0 Å². The molecule has 0 bridgehead atoms. The van der Waals surface area contributed by atoms with Crippen LogP contribution in [0.25, 0.3) is 0 Å². The average molecular weight is 236 g/mol. The number of aliphatic hydroxyl groups is 1. The topological polar surface area (TPSA) is 58.7 Å². The van der Waals surface area contributed by atoms with Crippen LogP contribution >= 0.6 is 0 Å². The molecule has 1 atom stereocenters. The van der Waals surface area contributed by atoms with E-state index in [1.807, 2.05) is 18.2 Å². The Morgan fingerprint density at radius 3 is 3.00 bits per heavy atom. The summed E-state index contributed by atoms with van der Waals surface area (Å²) in [5, 5.41) is 9.62. The van der Waals surface area contributed by atoms with E-state index >= 15 is 0 Å². The van der Waals surface area contributed by atoms with Crippen molar-refractivity contribution < 1.29 is 9.84 Å². The van der Waals surface area contributed by atoms with Gasteiger partial charge >= 0.3 is 0 Å². The van der Waals surface area contributed by atoms with Crippen LogP contribution < -0.4 is 10.5 Å². The molecule has 0 aromatic heterocycles. The number of β-amino-alcohol motifs (C(OH)–C–C–N with tert-alkyl or cyclic N) is 1. The van der Waals surface area contributed by atoms with Crippen LogP contribution in [0.1, 0.15) is 18.4 Å². The Balaban J connectivity index is 2.04. The number of anilines is 1. The van der Waals surface area contributed by atoms with E-state index in [-0.39, 0.29) is 6.10 Å². The second-order valence-corrected chi connectivity index (χ2v) is 4.65. The van der Waals surface area contributed by atoms with Crippen molar-refractivity contribution in [1.29, 1.82) is 0 Å². The third-order valence-electron chi connectivity index (χ3n) is 3.11. The zero-order valence-corrected chi connectivity index (χ0v) is 10.2. The second kappa shape index (κ2) is 5.38. The SMILES string of the molecule is COc1cc(N)cc(CN2CCCC(O)C2)c1. The Morgan fingerprint density at radius 1 is 1.47 bits per heavy atom. The van der Waals surface area contributed by atoms with Gasteiger partial charge in [-0.15, -0.1) is 0 Å².